The van der Waals surface area contributed by atoms with Crippen LogP contribution in [0.4, 0.5) is 22.0 Å². The minimum Gasteiger partial charge on any atom is -0.351 e. The van der Waals surface area contributed by atoms with E-state index in [-0.39, 0.29) is 43.3 Å². The molecule has 0 aliphatic heterocycles. The van der Waals surface area contributed by atoms with Crippen molar-refractivity contribution in [3.63, 3.8) is 0 Å². The fraction of sp³-hybridized carbons (Fsp3) is 0.577. The van der Waals surface area contributed by atoms with E-state index in [9.17, 15) is 31.5 Å². The highest BCUT2D eigenvalue weighted by molar-refractivity contribution is 5.92. The number of aryl methyl sites for hydroxylation is 1. The second kappa shape index (κ2) is 10.8. The number of fused-ring (bicyclic) bond motifs is 1. The zero-order valence-corrected chi connectivity index (χ0v) is 21.7. The normalized spacial score (nSPS) is 19.4. The summed E-state index contributed by atoms with van der Waals surface area (Å²) in [5, 5.41) is 13.6. The summed E-state index contributed by atoms with van der Waals surface area (Å²) in [4.78, 5) is 29.9. The van der Waals surface area contributed by atoms with Crippen molar-refractivity contribution in [1.82, 2.24) is 30.4 Å². The Labute approximate surface area is 225 Å². The standard InChI is InChI=1S/C26H29F5N6O3/c1-14-11-33-40-23(14)24(39)36-22(16-4-7-25(27,28)8-5-16)18-13-37-19(34-18)10-17(12-32-37)21(15-2-3-15)35-20(38)6-9-26(29,30)31/h10-13,15-16,21-22H,2-9H2,1H3,(H,35,38)(H,36,39)/t21?,22-/m0/s1. The van der Waals surface area contributed by atoms with Gasteiger partial charge in [0, 0.05) is 24.8 Å². The summed E-state index contributed by atoms with van der Waals surface area (Å²) in [6, 6.07) is 0.473. The third-order valence-corrected chi connectivity index (χ3v) is 7.56. The number of nitrogens with zero attached hydrogens (tertiary/aromatic N) is 4. The van der Waals surface area contributed by atoms with Gasteiger partial charge in [-0.1, -0.05) is 5.16 Å². The minimum absolute atomic E-state index is 0.0175. The fourth-order valence-electron chi connectivity index (χ4n) is 5.18. The van der Waals surface area contributed by atoms with E-state index in [1.807, 2.05) is 0 Å². The van der Waals surface area contributed by atoms with E-state index >= 15 is 0 Å². The summed E-state index contributed by atoms with van der Waals surface area (Å²) < 4.78 is 72.1. The maximum Gasteiger partial charge on any atom is 0.389 e. The summed E-state index contributed by atoms with van der Waals surface area (Å²) in [7, 11) is 0. The van der Waals surface area contributed by atoms with Gasteiger partial charge >= 0.3 is 6.18 Å². The number of carbonyl (C=O) groups is 2. The number of nitrogens with one attached hydrogen (secondary N) is 2. The van der Waals surface area contributed by atoms with E-state index in [2.05, 4.69) is 25.9 Å². The van der Waals surface area contributed by atoms with Gasteiger partial charge in [-0.05, 0) is 56.1 Å². The number of carbonyl (C=O) groups excluding carboxylic acids is 2. The van der Waals surface area contributed by atoms with Crippen molar-refractivity contribution >= 4 is 17.5 Å². The maximum absolute atomic E-state index is 13.9. The van der Waals surface area contributed by atoms with E-state index in [0.717, 1.165) is 12.8 Å². The molecule has 216 valence electrons. The van der Waals surface area contributed by atoms with Crippen LogP contribution in [-0.4, -0.2) is 43.7 Å². The molecule has 9 nitrogen and oxygen atoms in total. The lowest BCUT2D eigenvalue weighted by molar-refractivity contribution is -0.144. The average Bonchev–Trinajstić information content (AvgIpc) is 3.49. The van der Waals surface area contributed by atoms with Crippen LogP contribution in [0.1, 0.15) is 90.8 Å². The first-order valence-electron chi connectivity index (χ1n) is 13.2. The van der Waals surface area contributed by atoms with Gasteiger partial charge in [0.05, 0.1) is 42.8 Å². The van der Waals surface area contributed by atoms with Crippen LogP contribution in [-0.2, 0) is 4.79 Å². The van der Waals surface area contributed by atoms with Crippen LogP contribution in [0.3, 0.4) is 0 Å². The molecule has 3 aromatic heterocycles. The third-order valence-electron chi connectivity index (χ3n) is 7.56. The van der Waals surface area contributed by atoms with E-state index in [1.54, 1.807) is 19.2 Å². The lowest BCUT2D eigenvalue weighted by Gasteiger charge is -2.33. The van der Waals surface area contributed by atoms with Gasteiger partial charge in [0.25, 0.3) is 5.91 Å². The van der Waals surface area contributed by atoms with Crippen molar-refractivity contribution in [2.45, 2.75) is 82.5 Å². The number of hydrogen-bond acceptors (Lipinski definition) is 6. The zero-order valence-electron chi connectivity index (χ0n) is 21.7. The molecule has 2 aliphatic rings. The van der Waals surface area contributed by atoms with Crippen LogP contribution in [0.2, 0.25) is 0 Å². The molecular weight excluding hydrogens is 539 g/mol. The molecule has 2 fully saturated rings. The number of aromatic nitrogens is 4. The largest absolute Gasteiger partial charge is 0.389 e. The molecule has 2 aliphatic carbocycles. The van der Waals surface area contributed by atoms with Crippen molar-refractivity contribution in [2.75, 3.05) is 0 Å². The van der Waals surface area contributed by atoms with E-state index in [0.29, 0.717) is 22.5 Å². The fourth-order valence-corrected chi connectivity index (χ4v) is 5.18. The Morgan fingerprint density at radius 2 is 1.80 bits per heavy atom. The number of imidazole rings is 1. The SMILES string of the molecule is Cc1cnoc1C(=O)N[C@H](c1cn2ncc(C(NC(=O)CCC(F)(F)F)C3CC3)cc2n1)C1CCC(F)(F)CC1. The molecule has 0 radical (unpaired) electrons. The molecule has 14 heteroatoms. The van der Waals surface area contributed by atoms with Crippen molar-refractivity contribution in [2.24, 2.45) is 11.8 Å². The maximum atomic E-state index is 13.9. The first kappa shape index (κ1) is 28.0. The molecule has 0 aromatic carbocycles. The number of hydrogen-bond donors (Lipinski definition) is 2. The van der Waals surface area contributed by atoms with Crippen LogP contribution >= 0.6 is 0 Å². The molecule has 1 unspecified atom stereocenters. The highest BCUT2D eigenvalue weighted by atomic mass is 19.4. The van der Waals surface area contributed by atoms with Crippen LogP contribution in [0.15, 0.2) is 29.2 Å². The number of rotatable bonds is 9. The Bertz CT molecular complexity index is 1370. The first-order chi connectivity index (χ1) is 18.9. The molecule has 3 aromatic rings. The number of amides is 2. The summed E-state index contributed by atoms with van der Waals surface area (Å²) in [5.74, 6) is -4.22. The lowest BCUT2D eigenvalue weighted by atomic mass is 9.81. The number of halogens is 5. The van der Waals surface area contributed by atoms with Gasteiger partial charge in [-0.2, -0.15) is 18.3 Å². The molecule has 5 rings (SSSR count). The molecule has 2 saturated carbocycles. The highest BCUT2D eigenvalue weighted by Gasteiger charge is 2.40. The average molecular weight is 569 g/mol. The summed E-state index contributed by atoms with van der Waals surface area (Å²) >= 11 is 0. The van der Waals surface area contributed by atoms with E-state index in [4.69, 9.17) is 4.52 Å². The van der Waals surface area contributed by atoms with Crippen LogP contribution in [0, 0.1) is 18.8 Å². The molecule has 2 atom stereocenters. The number of alkyl halides is 5. The van der Waals surface area contributed by atoms with E-state index < -0.39 is 48.8 Å². The third kappa shape index (κ3) is 6.58. The Morgan fingerprint density at radius 3 is 2.42 bits per heavy atom. The molecular formula is C26H29F5N6O3. The van der Waals surface area contributed by atoms with Gasteiger partial charge in [0.15, 0.2) is 5.65 Å². The predicted octanol–water partition coefficient (Wildman–Crippen LogP) is 5.23. The van der Waals surface area contributed by atoms with E-state index in [1.165, 1.54) is 16.9 Å². The van der Waals surface area contributed by atoms with Crippen LogP contribution < -0.4 is 10.6 Å². The summed E-state index contributed by atoms with van der Waals surface area (Å²) in [6.07, 6.45) is -0.389. The Morgan fingerprint density at radius 1 is 1.10 bits per heavy atom. The predicted molar refractivity (Wildman–Crippen MR) is 130 cm³/mol. The Kier molecular flexibility index (Phi) is 7.53. The second-order valence-corrected chi connectivity index (χ2v) is 10.7. The molecule has 40 heavy (non-hydrogen) atoms. The molecule has 0 spiro atoms. The second-order valence-electron chi connectivity index (χ2n) is 10.7. The zero-order chi connectivity index (χ0) is 28.7. The topological polar surface area (TPSA) is 114 Å². The first-order valence-corrected chi connectivity index (χ1v) is 13.2. The monoisotopic (exact) mass is 568 g/mol. The smallest absolute Gasteiger partial charge is 0.351 e. The lowest BCUT2D eigenvalue weighted by Crippen LogP contribution is -2.37. The molecule has 3 heterocycles. The van der Waals surface area contributed by atoms with Crippen molar-refractivity contribution in [3.8, 4) is 0 Å². The molecule has 2 N–H and O–H groups in total. The minimum atomic E-state index is -4.43. The highest BCUT2D eigenvalue weighted by Crippen LogP contribution is 2.43. The summed E-state index contributed by atoms with van der Waals surface area (Å²) in [6.45, 7) is 1.66. The van der Waals surface area contributed by atoms with Gasteiger partial charge in [0.2, 0.25) is 17.6 Å². The Hall–Kier alpha value is -3.58. The van der Waals surface area contributed by atoms with Crippen molar-refractivity contribution in [1.29, 1.82) is 0 Å². The van der Waals surface area contributed by atoms with Gasteiger partial charge in [-0.3, -0.25) is 9.59 Å². The molecule has 0 bridgehead atoms. The van der Waals surface area contributed by atoms with Crippen LogP contribution in [0.5, 0.6) is 0 Å². The molecule has 0 saturated heterocycles. The van der Waals surface area contributed by atoms with Gasteiger partial charge < -0.3 is 15.2 Å². The van der Waals surface area contributed by atoms with Crippen LogP contribution in [0.25, 0.3) is 5.65 Å². The van der Waals surface area contributed by atoms with Gasteiger partial charge in [-0.25, -0.2) is 18.3 Å². The molecule has 2 amide bonds. The van der Waals surface area contributed by atoms with Crippen molar-refractivity contribution in [3.05, 3.63) is 47.2 Å². The van der Waals surface area contributed by atoms with Gasteiger partial charge in [0.1, 0.15) is 0 Å². The van der Waals surface area contributed by atoms with Gasteiger partial charge in [-0.15, -0.1) is 0 Å². The Balaban J connectivity index is 1.39. The quantitative estimate of drug-likeness (QED) is 0.342. The van der Waals surface area contributed by atoms with Crippen molar-refractivity contribution < 1.29 is 36.1 Å². The summed E-state index contributed by atoms with van der Waals surface area (Å²) in [5.41, 5.74) is 1.93.